The molecule has 1 heterocycles. The summed E-state index contributed by atoms with van der Waals surface area (Å²) in [6, 6.07) is 0.176. The third-order valence-electron chi connectivity index (χ3n) is 1.82. The molecule has 1 rings (SSSR count). The quantitative estimate of drug-likeness (QED) is 0.579. The Hall–Kier alpha value is -1.06. The SMILES string of the molecule is NC(=O)CCC1CCC(=O)N1. The van der Waals surface area contributed by atoms with Gasteiger partial charge < -0.3 is 11.1 Å². The van der Waals surface area contributed by atoms with Crippen LogP contribution in [0.3, 0.4) is 0 Å². The van der Waals surface area contributed by atoms with E-state index < -0.39 is 0 Å². The molecule has 2 amide bonds. The summed E-state index contributed by atoms with van der Waals surface area (Å²) in [5.41, 5.74) is 4.95. The van der Waals surface area contributed by atoms with E-state index in [9.17, 15) is 9.59 Å². The largest absolute Gasteiger partial charge is 0.370 e. The van der Waals surface area contributed by atoms with Crippen LogP contribution in [0.15, 0.2) is 0 Å². The third kappa shape index (κ3) is 2.57. The maximum absolute atomic E-state index is 10.7. The Balaban J connectivity index is 2.18. The molecule has 1 saturated heterocycles. The van der Waals surface area contributed by atoms with Crippen LogP contribution in [0.2, 0.25) is 0 Å². The van der Waals surface area contributed by atoms with Crippen LogP contribution in [0.4, 0.5) is 0 Å². The normalized spacial score (nSPS) is 23.3. The minimum absolute atomic E-state index is 0.0828. The van der Waals surface area contributed by atoms with E-state index in [2.05, 4.69) is 5.32 Å². The maximum Gasteiger partial charge on any atom is 0.220 e. The van der Waals surface area contributed by atoms with E-state index in [0.29, 0.717) is 19.3 Å². The van der Waals surface area contributed by atoms with Gasteiger partial charge in [0.25, 0.3) is 0 Å². The van der Waals surface area contributed by atoms with E-state index in [-0.39, 0.29) is 17.9 Å². The molecule has 0 aromatic carbocycles. The van der Waals surface area contributed by atoms with Gasteiger partial charge in [-0.2, -0.15) is 0 Å². The van der Waals surface area contributed by atoms with E-state index >= 15 is 0 Å². The van der Waals surface area contributed by atoms with Crippen LogP contribution in [0, 0.1) is 0 Å². The van der Waals surface area contributed by atoms with Gasteiger partial charge in [0, 0.05) is 18.9 Å². The van der Waals surface area contributed by atoms with Gasteiger partial charge >= 0.3 is 0 Å². The van der Waals surface area contributed by atoms with Crippen LogP contribution in [0.25, 0.3) is 0 Å². The highest BCUT2D eigenvalue weighted by Crippen LogP contribution is 2.11. The Kier molecular flexibility index (Phi) is 2.46. The molecular weight excluding hydrogens is 144 g/mol. The van der Waals surface area contributed by atoms with Crippen LogP contribution in [-0.2, 0) is 9.59 Å². The van der Waals surface area contributed by atoms with Crippen molar-refractivity contribution in [3.63, 3.8) is 0 Å². The lowest BCUT2D eigenvalue weighted by Gasteiger charge is -2.06. The van der Waals surface area contributed by atoms with Crippen molar-refractivity contribution < 1.29 is 9.59 Å². The average Bonchev–Trinajstić information content (AvgIpc) is 2.31. The smallest absolute Gasteiger partial charge is 0.220 e. The summed E-state index contributed by atoms with van der Waals surface area (Å²) in [5, 5.41) is 2.76. The highest BCUT2D eigenvalue weighted by molar-refractivity contribution is 5.78. The lowest BCUT2D eigenvalue weighted by atomic mass is 10.1. The molecule has 1 fully saturated rings. The molecule has 0 spiro atoms. The van der Waals surface area contributed by atoms with Gasteiger partial charge in [0.05, 0.1) is 0 Å². The average molecular weight is 156 g/mol. The fraction of sp³-hybridized carbons (Fsp3) is 0.714. The highest BCUT2D eigenvalue weighted by Gasteiger charge is 2.20. The highest BCUT2D eigenvalue weighted by atomic mass is 16.2. The second-order valence-corrected chi connectivity index (χ2v) is 2.81. The van der Waals surface area contributed by atoms with Crippen molar-refractivity contribution in [2.45, 2.75) is 31.7 Å². The minimum Gasteiger partial charge on any atom is -0.370 e. The van der Waals surface area contributed by atoms with Gasteiger partial charge in [-0.3, -0.25) is 9.59 Å². The summed E-state index contributed by atoms with van der Waals surface area (Å²) in [6.07, 6.45) is 2.47. The molecule has 0 aromatic rings. The molecule has 0 aliphatic carbocycles. The van der Waals surface area contributed by atoms with Crippen molar-refractivity contribution in [3.05, 3.63) is 0 Å². The van der Waals surface area contributed by atoms with Crippen molar-refractivity contribution >= 4 is 11.8 Å². The zero-order chi connectivity index (χ0) is 8.27. The number of primary amides is 1. The molecule has 1 unspecified atom stereocenters. The predicted octanol–water partition coefficient (Wildman–Crippen LogP) is -0.470. The number of nitrogens with one attached hydrogen (secondary N) is 1. The summed E-state index contributed by atoms with van der Waals surface area (Å²) in [6.45, 7) is 0. The summed E-state index contributed by atoms with van der Waals surface area (Å²) in [7, 11) is 0. The summed E-state index contributed by atoms with van der Waals surface area (Å²) in [4.78, 5) is 21.0. The fourth-order valence-corrected chi connectivity index (χ4v) is 1.21. The first-order chi connectivity index (χ1) is 5.18. The number of carbonyl (C=O) groups is 2. The topological polar surface area (TPSA) is 72.2 Å². The Bertz CT molecular complexity index is 179. The monoisotopic (exact) mass is 156 g/mol. The molecule has 1 aliphatic heterocycles. The van der Waals surface area contributed by atoms with E-state index in [1.807, 2.05) is 0 Å². The van der Waals surface area contributed by atoms with E-state index in [1.54, 1.807) is 0 Å². The first-order valence-electron chi connectivity index (χ1n) is 3.76. The summed E-state index contributed by atoms with van der Waals surface area (Å²) < 4.78 is 0. The Morgan fingerprint density at radius 3 is 2.91 bits per heavy atom. The molecule has 0 saturated carbocycles. The summed E-state index contributed by atoms with van der Waals surface area (Å²) >= 11 is 0. The predicted molar refractivity (Wildman–Crippen MR) is 39.6 cm³/mol. The molecule has 62 valence electrons. The number of rotatable bonds is 3. The Morgan fingerprint density at radius 1 is 1.73 bits per heavy atom. The van der Waals surface area contributed by atoms with Crippen LogP contribution in [0.1, 0.15) is 25.7 Å². The van der Waals surface area contributed by atoms with Crippen LogP contribution in [-0.4, -0.2) is 17.9 Å². The Labute approximate surface area is 65.1 Å². The van der Waals surface area contributed by atoms with Crippen molar-refractivity contribution in [2.24, 2.45) is 5.73 Å². The first-order valence-corrected chi connectivity index (χ1v) is 3.76. The minimum atomic E-state index is -0.300. The van der Waals surface area contributed by atoms with E-state index in [0.717, 1.165) is 6.42 Å². The number of amides is 2. The molecule has 4 nitrogen and oxygen atoms in total. The van der Waals surface area contributed by atoms with E-state index in [1.165, 1.54) is 0 Å². The van der Waals surface area contributed by atoms with Crippen molar-refractivity contribution in [3.8, 4) is 0 Å². The lowest BCUT2D eigenvalue weighted by molar-refractivity contribution is -0.120. The van der Waals surface area contributed by atoms with Crippen molar-refractivity contribution in [1.82, 2.24) is 5.32 Å². The van der Waals surface area contributed by atoms with Crippen LogP contribution < -0.4 is 11.1 Å². The van der Waals surface area contributed by atoms with Gasteiger partial charge in [-0.1, -0.05) is 0 Å². The van der Waals surface area contributed by atoms with Gasteiger partial charge in [0.2, 0.25) is 11.8 Å². The van der Waals surface area contributed by atoms with Gasteiger partial charge in [-0.15, -0.1) is 0 Å². The van der Waals surface area contributed by atoms with Gasteiger partial charge in [0.1, 0.15) is 0 Å². The van der Waals surface area contributed by atoms with Gasteiger partial charge in [-0.25, -0.2) is 0 Å². The van der Waals surface area contributed by atoms with Crippen LogP contribution in [0.5, 0.6) is 0 Å². The Morgan fingerprint density at radius 2 is 2.45 bits per heavy atom. The fourth-order valence-electron chi connectivity index (χ4n) is 1.21. The number of nitrogens with two attached hydrogens (primary N) is 1. The molecule has 3 N–H and O–H groups in total. The molecule has 4 heteroatoms. The molecule has 0 aromatic heterocycles. The summed E-state index contributed by atoms with van der Waals surface area (Å²) in [5.74, 6) is -0.217. The van der Waals surface area contributed by atoms with Gasteiger partial charge in [-0.05, 0) is 12.8 Å². The zero-order valence-corrected chi connectivity index (χ0v) is 6.30. The van der Waals surface area contributed by atoms with Crippen molar-refractivity contribution in [1.29, 1.82) is 0 Å². The molecule has 1 aliphatic rings. The molecular formula is C7H12N2O2. The first kappa shape index (κ1) is 8.04. The number of carbonyl (C=O) groups excluding carboxylic acids is 2. The van der Waals surface area contributed by atoms with Gasteiger partial charge in [0.15, 0.2) is 0 Å². The number of hydrogen-bond acceptors (Lipinski definition) is 2. The standard InChI is InChI=1S/C7H12N2O2/c8-6(10)3-1-5-2-4-7(11)9-5/h5H,1-4H2,(H2,8,10)(H,9,11). The zero-order valence-electron chi connectivity index (χ0n) is 6.30. The second-order valence-electron chi connectivity index (χ2n) is 2.81. The molecule has 0 radical (unpaired) electrons. The molecule has 0 bridgehead atoms. The second kappa shape index (κ2) is 3.37. The van der Waals surface area contributed by atoms with Crippen molar-refractivity contribution in [2.75, 3.05) is 0 Å². The van der Waals surface area contributed by atoms with E-state index in [4.69, 9.17) is 5.73 Å². The molecule has 1 atom stereocenters. The maximum atomic E-state index is 10.7. The van der Waals surface area contributed by atoms with Crippen LogP contribution >= 0.6 is 0 Å². The molecule has 11 heavy (non-hydrogen) atoms. The lowest BCUT2D eigenvalue weighted by Crippen LogP contribution is -2.26. The number of hydrogen-bond donors (Lipinski definition) is 2. The third-order valence-corrected chi connectivity index (χ3v) is 1.82.